The first-order valence-electron chi connectivity index (χ1n) is 5.76. The molecule has 1 atom stereocenters. The van der Waals surface area contributed by atoms with Crippen LogP contribution >= 0.6 is 11.3 Å². The summed E-state index contributed by atoms with van der Waals surface area (Å²) in [5.41, 5.74) is 0.183. The summed E-state index contributed by atoms with van der Waals surface area (Å²) in [7, 11) is 0. The Morgan fingerprint density at radius 3 is 2.56 bits per heavy atom. The van der Waals surface area contributed by atoms with Crippen molar-refractivity contribution in [2.45, 2.75) is 51.1 Å². The quantitative estimate of drug-likeness (QED) is 0.870. The second-order valence-corrected chi connectivity index (χ2v) is 6.57. The smallest absolute Gasteiger partial charge is 0.130 e. The van der Waals surface area contributed by atoms with Crippen LogP contribution < -0.4 is 5.32 Å². The van der Waals surface area contributed by atoms with Crippen molar-refractivity contribution in [3.63, 3.8) is 0 Å². The Kier molecular flexibility index (Phi) is 3.05. The molecule has 0 amide bonds. The third kappa shape index (κ3) is 2.63. The van der Waals surface area contributed by atoms with Gasteiger partial charge in [-0.15, -0.1) is 11.3 Å². The second kappa shape index (κ2) is 4.20. The lowest BCUT2D eigenvalue weighted by molar-refractivity contribution is 0.604. The molecule has 86 valence electrons. The fraction of sp³-hybridized carbons (Fsp3) is 0.615. The predicted octanol–water partition coefficient (Wildman–Crippen LogP) is 3.36. The molecule has 1 fully saturated rings. The van der Waals surface area contributed by atoms with Crippen molar-refractivity contribution in [2.24, 2.45) is 0 Å². The molecule has 1 saturated carbocycles. The molecule has 0 aromatic carbocycles. The van der Waals surface area contributed by atoms with E-state index in [4.69, 9.17) is 5.26 Å². The zero-order valence-electron chi connectivity index (χ0n) is 10.1. The average Bonchev–Trinajstić information content (AvgIpc) is 2.87. The number of hydrogen-bond donors (Lipinski definition) is 1. The Morgan fingerprint density at radius 2 is 2.12 bits per heavy atom. The van der Waals surface area contributed by atoms with Crippen molar-refractivity contribution in [1.82, 2.24) is 5.32 Å². The van der Waals surface area contributed by atoms with Crippen LogP contribution in [-0.4, -0.2) is 6.04 Å². The van der Waals surface area contributed by atoms with E-state index in [2.05, 4.69) is 44.3 Å². The normalized spacial score (nSPS) is 18.1. The highest BCUT2D eigenvalue weighted by atomic mass is 32.1. The monoisotopic (exact) mass is 234 g/mol. The van der Waals surface area contributed by atoms with E-state index in [1.165, 1.54) is 17.7 Å². The lowest BCUT2D eigenvalue weighted by atomic mass is 9.95. The van der Waals surface area contributed by atoms with Crippen molar-refractivity contribution in [1.29, 1.82) is 5.26 Å². The molecule has 0 aliphatic heterocycles. The van der Waals surface area contributed by atoms with Crippen LogP contribution in [0.15, 0.2) is 12.1 Å². The predicted molar refractivity (Wildman–Crippen MR) is 67.5 cm³/mol. The summed E-state index contributed by atoms with van der Waals surface area (Å²) >= 11 is 1.76. The van der Waals surface area contributed by atoms with Gasteiger partial charge >= 0.3 is 0 Å². The topological polar surface area (TPSA) is 35.8 Å². The fourth-order valence-electron chi connectivity index (χ4n) is 1.58. The average molecular weight is 234 g/mol. The van der Waals surface area contributed by atoms with Gasteiger partial charge < -0.3 is 0 Å². The van der Waals surface area contributed by atoms with Crippen LogP contribution in [0.25, 0.3) is 0 Å². The highest BCUT2D eigenvalue weighted by Crippen LogP contribution is 2.33. The molecule has 0 bridgehead atoms. The standard InChI is InChI=1S/C13H18N2S/c1-13(2,3)12-7-6-11(16-12)10(8-14)15-9-4-5-9/h6-7,9-10,15H,4-5H2,1-3H3. The van der Waals surface area contributed by atoms with Gasteiger partial charge in [0.2, 0.25) is 0 Å². The number of thiophene rings is 1. The lowest BCUT2D eigenvalue weighted by Crippen LogP contribution is -2.21. The van der Waals surface area contributed by atoms with E-state index in [0.717, 1.165) is 4.88 Å². The van der Waals surface area contributed by atoms with Crippen LogP contribution in [0.2, 0.25) is 0 Å². The van der Waals surface area contributed by atoms with E-state index in [1.54, 1.807) is 11.3 Å². The minimum atomic E-state index is -0.117. The van der Waals surface area contributed by atoms with E-state index < -0.39 is 0 Å². The van der Waals surface area contributed by atoms with Gasteiger partial charge in [-0.1, -0.05) is 20.8 Å². The minimum Gasteiger partial charge on any atom is -0.295 e. The third-order valence-electron chi connectivity index (χ3n) is 2.76. The van der Waals surface area contributed by atoms with E-state index in [0.29, 0.717) is 6.04 Å². The summed E-state index contributed by atoms with van der Waals surface area (Å²) in [4.78, 5) is 2.50. The van der Waals surface area contributed by atoms with Crippen LogP contribution in [-0.2, 0) is 5.41 Å². The molecule has 16 heavy (non-hydrogen) atoms. The van der Waals surface area contributed by atoms with Gasteiger partial charge in [0, 0.05) is 15.8 Å². The molecular weight excluding hydrogens is 216 g/mol. The summed E-state index contributed by atoms with van der Waals surface area (Å²) in [6.07, 6.45) is 2.44. The molecule has 1 heterocycles. The fourth-order valence-corrected chi connectivity index (χ4v) is 2.65. The largest absolute Gasteiger partial charge is 0.295 e. The van der Waals surface area contributed by atoms with E-state index >= 15 is 0 Å². The summed E-state index contributed by atoms with van der Waals surface area (Å²) in [6, 6.07) is 7.05. The Bertz CT molecular complexity index is 404. The van der Waals surface area contributed by atoms with Crippen molar-refractivity contribution in [2.75, 3.05) is 0 Å². The zero-order valence-corrected chi connectivity index (χ0v) is 10.9. The van der Waals surface area contributed by atoms with Crippen LogP contribution in [0.5, 0.6) is 0 Å². The lowest BCUT2D eigenvalue weighted by Gasteiger charge is -2.15. The highest BCUT2D eigenvalue weighted by molar-refractivity contribution is 7.12. The molecule has 0 radical (unpaired) electrons. The van der Waals surface area contributed by atoms with Crippen molar-refractivity contribution in [3.8, 4) is 6.07 Å². The van der Waals surface area contributed by atoms with Crippen LogP contribution in [0.4, 0.5) is 0 Å². The van der Waals surface area contributed by atoms with Gasteiger partial charge in [0.05, 0.1) is 6.07 Å². The number of nitriles is 1. The summed E-state index contributed by atoms with van der Waals surface area (Å²) in [5.74, 6) is 0. The van der Waals surface area contributed by atoms with Crippen molar-refractivity contribution in [3.05, 3.63) is 21.9 Å². The van der Waals surface area contributed by atoms with Gasteiger partial charge in [-0.3, -0.25) is 5.32 Å². The van der Waals surface area contributed by atoms with E-state index in [1.807, 2.05) is 0 Å². The second-order valence-electron chi connectivity index (χ2n) is 5.46. The summed E-state index contributed by atoms with van der Waals surface area (Å²) in [5, 5.41) is 12.5. The van der Waals surface area contributed by atoms with Gasteiger partial charge in [0.25, 0.3) is 0 Å². The van der Waals surface area contributed by atoms with Crippen LogP contribution in [0, 0.1) is 11.3 Å². The summed E-state index contributed by atoms with van der Waals surface area (Å²) in [6.45, 7) is 6.62. The molecule has 1 aliphatic rings. The molecule has 1 aromatic rings. The molecule has 1 unspecified atom stereocenters. The molecule has 0 saturated heterocycles. The number of hydrogen-bond acceptors (Lipinski definition) is 3. The van der Waals surface area contributed by atoms with Gasteiger partial charge in [0.1, 0.15) is 6.04 Å². The molecule has 2 nitrogen and oxygen atoms in total. The van der Waals surface area contributed by atoms with E-state index in [9.17, 15) is 0 Å². The molecule has 1 aliphatic carbocycles. The molecule has 1 N–H and O–H groups in total. The first kappa shape index (κ1) is 11.6. The van der Waals surface area contributed by atoms with E-state index in [-0.39, 0.29) is 11.5 Å². The van der Waals surface area contributed by atoms with Crippen molar-refractivity contribution >= 4 is 11.3 Å². The Morgan fingerprint density at radius 1 is 1.44 bits per heavy atom. The molecular formula is C13H18N2S. The van der Waals surface area contributed by atoms with Gasteiger partial charge in [0.15, 0.2) is 0 Å². The number of nitrogens with one attached hydrogen (secondary N) is 1. The third-order valence-corrected chi connectivity index (χ3v) is 4.34. The maximum atomic E-state index is 9.16. The number of rotatable bonds is 3. The molecule has 1 aromatic heterocycles. The molecule has 2 rings (SSSR count). The zero-order chi connectivity index (χ0) is 11.8. The van der Waals surface area contributed by atoms with Crippen molar-refractivity contribution < 1.29 is 0 Å². The van der Waals surface area contributed by atoms with Gasteiger partial charge in [-0.2, -0.15) is 5.26 Å². The molecule has 3 heteroatoms. The Hall–Kier alpha value is -0.850. The first-order chi connectivity index (χ1) is 7.50. The SMILES string of the molecule is CC(C)(C)c1ccc(C(C#N)NC2CC2)s1. The first-order valence-corrected chi connectivity index (χ1v) is 6.58. The minimum absolute atomic E-state index is 0.117. The highest BCUT2D eigenvalue weighted by Gasteiger charge is 2.26. The van der Waals surface area contributed by atoms with Crippen LogP contribution in [0.3, 0.4) is 0 Å². The van der Waals surface area contributed by atoms with Gasteiger partial charge in [-0.05, 0) is 30.4 Å². The summed E-state index contributed by atoms with van der Waals surface area (Å²) < 4.78 is 0. The molecule has 0 spiro atoms. The Balaban J connectivity index is 2.13. The Labute approximate surface area is 101 Å². The maximum absolute atomic E-state index is 9.16. The van der Waals surface area contributed by atoms with Crippen LogP contribution in [0.1, 0.15) is 49.4 Å². The maximum Gasteiger partial charge on any atom is 0.130 e. The van der Waals surface area contributed by atoms with Gasteiger partial charge in [-0.25, -0.2) is 0 Å². The number of nitrogens with zero attached hydrogens (tertiary/aromatic N) is 1.